The van der Waals surface area contributed by atoms with E-state index in [0.29, 0.717) is 17.6 Å². The first-order chi connectivity index (χ1) is 13.4. The number of fused-ring (bicyclic) bond motifs is 2. The van der Waals surface area contributed by atoms with Gasteiger partial charge >= 0.3 is 17.9 Å². The van der Waals surface area contributed by atoms with Crippen LogP contribution in [0, 0.1) is 11.8 Å². The van der Waals surface area contributed by atoms with E-state index < -0.39 is 24.1 Å². The van der Waals surface area contributed by atoms with Crippen molar-refractivity contribution in [1.29, 1.82) is 0 Å². The van der Waals surface area contributed by atoms with Gasteiger partial charge in [-0.05, 0) is 31.9 Å². The summed E-state index contributed by atoms with van der Waals surface area (Å²) < 4.78 is 16.8. The van der Waals surface area contributed by atoms with Crippen LogP contribution in [0.3, 0.4) is 0 Å². The first-order valence-corrected chi connectivity index (χ1v) is 10.1. The fourth-order valence-electron chi connectivity index (χ4n) is 4.68. The van der Waals surface area contributed by atoms with Crippen LogP contribution in [-0.4, -0.2) is 36.2 Å². The van der Waals surface area contributed by atoms with E-state index in [4.69, 9.17) is 14.2 Å². The molecule has 4 rings (SSSR count). The van der Waals surface area contributed by atoms with Gasteiger partial charge < -0.3 is 14.2 Å². The van der Waals surface area contributed by atoms with Crippen LogP contribution in [0.25, 0.3) is 0 Å². The zero-order valence-corrected chi connectivity index (χ0v) is 16.1. The molecule has 28 heavy (non-hydrogen) atoms. The van der Waals surface area contributed by atoms with Crippen LogP contribution in [0.2, 0.25) is 0 Å². The van der Waals surface area contributed by atoms with Crippen molar-refractivity contribution in [2.75, 3.05) is 0 Å². The fraction of sp³-hybridized carbons (Fsp3) is 0.591. The van der Waals surface area contributed by atoms with E-state index in [9.17, 15) is 14.4 Å². The molecule has 6 nitrogen and oxygen atoms in total. The van der Waals surface area contributed by atoms with E-state index in [-0.39, 0.29) is 30.4 Å². The van der Waals surface area contributed by atoms with Crippen molar-refractivity contribution in [2.45, 2.75) is 70.2 Å². The van der Waals surface area contributed by atoms with Gasteiger partial charge in [0.15, 0.2) is 0 Å². The molecule has 150 valence electrons. The number of rotatable bonds is 2. The number of carbonyl (C=O) groups excluding carboxylic acids is 3. The van der Waals surface area contributed by atoms with Gasteiger partial charge in [-0.15, -0.1) is 0 Å². The Kier molecular flexibility index (Phi) is 5.13. The smallest absolute Gasteiger partial charge is 0.334 e. The van der Waals surface area contributed by atoms with Gasteiger partial charge in [0.25, 0.3) is 0 Å². The van der Waals surface area contributed by atoms with Gasteiger partial charge in [-0.25, -0.2) is 9.59 Å². The highest BCUT2D eigenvalue weighted by Crippen LogP contribution is 2.39. The van der Waals surface area contributed by atoms with Gasteiger partial charge in [0, 0.05) is 24.0 Å². The third kappa shape index (κ3) is 3.64. The Morgan fingerprint density at radius 2 is 1.82 bits per heavy atom. The minimum Gasteiger partial charge on any atom is -0.458 e. The van der Waals surface area contributed by atoms with E-state index in [1.165, 1.54) is 0 Å². The average molecular weight is 386 g/mol. The Balaban J connectivity index is 1.63. The van der Waals surface area contributed by atoms with E-state index in [1.807, 2.05) is 13.0 Å². The molecule has 0 N–H and O–H groups in total. The molecule has 2 aliphatic carbocycles. The van der Waals surface area contributed by atoms with Crippen LogP contribution in [0.15, 0.2) is 35.5 Å². The standard InChI is InChI=1S/C22H26O6/c1-12-8-16-10-15(22(25)26-16)11-18-19(13(2)20(23)27-18)17(9-12)28-21(24)14-6-4-3-5-7-14/h9-10,14,16-19H,2-8,11H2,1H3/b12-9+/t16-,17-,18+,19+/m1/s1. The molecule has 0 unspecified atom stereocenters. The van der Waals surface area contributed by atoms with Crippen molar-refractivity contribution in [1.82, 2.24) is 0 Å². The van der Waals surface area contributed by atoms with Crippen molar-refractivity contribution < 1.29 is 28.6 Å². The van der Waals surface area contributed by atoms with Crippen molar-refractivity contribution >= 4 is 17.9 Å². The molecule has 0 amide bonds. The van der Waals surface area contributed by atoms with Gasteiger partial charge in [-0.2, -0.15) is 0 Å². The highest BCUT2D eigenvalue weighted by Gasteiger charge is 2.47. The number of hydrogen-bond acceptors (Lipinski definition) is 6. The summed E-state index contributed by atoms with van der Waals surface area (Å²) in [6.45, 7) is 5.81. The second-order valence-corrected chi connectivity index (χ2v) is 8.29. The maximum absolute atomic E-state index is 12.8. The maximum atomic E-state index is 12.8. The first kappa shape index (κ1) is 19.0. The number of hydrogen-bond donors (Lipinski definition) is 0. The molecule has 0 aromatic rings. The van der Waals surface area contributed by atoms with Crippen molar-refractivity contribution in [3.8, 4) is 0 Å². The van der Waals surface area contributed by atoms with Crippen molar-refractivity contribution in [2.24, 2.45) is 11.8 Å². The largest absolute Gasteiger partial charge is 0.458 e. The predicted octanol–water partition coefficient (Wildman–Crippen LogP) is 3.17. The molecule has 2 heterocycles. The molecule has 2 bridgehead atoms. The lowest BCUT2D eigenvalue weighted by Crippen LogP contribution is -2.35. The van der Waals surface area contributed by atoms with Gasteiger partial charge in [-0.3, -0.25) is 4.79 Å². The highest BCUT2D eigenvalue weighted by atomic mass is 16.6. The topological polar surface area (TPSA) is 78.9 Å². The molecule has 1 saturated heterocycles. The summed E-state index contributed by atoms with van der Waals surface area (Å²) in [5, 5.41) is 0. The Hall–Kier alpha value is -2.37. The molecular weight excluding hydrogens is 360 g/mol. The minimum atomic E-state index is -0.633. The predicted molar refractivity (Wildman–Crippen MR) is 99.9 cm³/mol. The zero-order chi connectivity index (χ0) is 19.8. The molecule has 2 fully saturated rings. The normalized spacial score (nSPS) is 35.2. The number of esters is 3. The lowest BCUT2D eigenvalue weighted by molar-refractivity contribution is -0.156. The lowest BCUT2D eigenvalue weighted by Gasteiger charge is -2.28. The summed E-state index contributed by atoms with van der Waals surface area (Å²) in [7, 11) is 0. The lowest BCUT2D eigenvalue weighted by atomic mass is 9.85. The molecular formula is C22H26O6. The van der Waals surface area contributed by atoms with Crippen LogP contribution >= 0.6 is 0 Å². The van der Waals surface area contributed by atoms with Crippen molar-refractivity contribution in [3.63, 3.8) is 0 Å². The quantitative estimate of drug-likeness (QED) is 0.314. The molecule has 4 atom stereocenters. The van der Waals surface area contributed by atoms with Crippen molar-refractivity contribution in [3.05, 3.63) is 35.5 Å². The fourth-order valence-corrected chi connectivity index (χ4v) is 4.68. The maximum Gasteiger partial charge on any atom is 0.334 e. The van der Waals surface area contributed by atoms with E-state index >= 15 is 0 Å². The molecule has 6 heteroatoms. The molecule has 0 aromatic heterocycles. The van der Waals surface area contributed by atoms with Crippen LogP contribution < -0.4 is 0 Å². The summed E-state index contributed by atoms with van der Waals surface area (Å²) in [4.78, 5) is 37.2. The van der Waals surface area contributed by atoms with Gasteiger partial charge in [0.2, 0.25) is 0 Å². The third-order valence-corrected chi connectivity index (χ3v) is 6.17. The average Bonchev–Trinajstić information content (AvgIpc) is 3.13. The van der Waals surface area contributed by atoms with Crippen LogP contribution in [0.5, 0.6) is 0 Å². The Bertz CT molecular complexity index is 770. The zero-order valence-electron chi connectivity index (χ0n) is 16.1. The minimum absolute atomic E-state index is 0.0913. The number of carbonyl (C=O) groups is 3. The van der Waals surface area contributed by atoms with Gasteiger partial charge in [0.05, 0.1) is 11.8 Å². The highest BCUT2D eigenvalue weighted by molar-refractivity contribution is 5.93. The third-order valence-electron chi connectivity index (χ3n) is 6.17. The van der Waals surface area contributed by atoms with Crippen LogP contribution in [-0.2, 0) is 28.6 Å². The van der Waals surface area contributed by atoms with E-state index in [0.717, 1.165) is 37.7 Å². The summed E-state index contributed by atoms with van der Waals surface area (Å²) >= 11 is 0. The van der Waals surface area contributed by atoms with E-state index in [1.54, 1.807) is 6.08 Å². The molecule has 1 saturated carbocycles. The second kappa shape index (κ2) is 7.57. The Morgan fingerprint density at radius 3 is 2.57 bits per heavy atom. The van der Waals surface area contributed by atoms with Crippen LogP contribution in [0.4, 0.5) is 0 Å². The summed E-state index contributed by atoms with van der Waals surface area (Å²) in [5.41, 5.74) is 1.73. The molecule has 0 spiro atoms. The first-order valence-electron chi connectivity index (χ1n) is 10.1. The van der Waals surface area contributed by atoms with Crippen LogP contribution in [0.1, 0.15) is 51.9 Å². The van der Waals surface area contributed by atoms with Gasteiger partial charge in [-0.1, -0.05) is 31.4 Å². The summed E-state index contributed by atoms with van der Waals surface area (Å²) in [6.07, 6.45) is 7.81. The summed E-state index contributed by atoms with van der Waals surface area (Å²) in [5.74, 6) is -1.68. The monoisotopic (exact) mass is 386 g/mol. The summed E-state index contributed by atoms with van der Waals surface area (Å²) in [6, 6.07) is 0. The molecule has 0 aromatic carbocycles. The molecule has 0 radical (unpaired) electrons. The molecule has 2 aliphatic heterocycles. The Labute approximate surface area is 164 Å². The SMILES string of the molecule is C=C1C(=O)O[C@H]2CC3=C[C@@H](C/C(C)=C/[C@@H](OC(=O)C4CCCCC4)[C@H]12)OC3=O. The number of ether oxygens (including phenoxy) is 3. The Morgan fingerprint density at radius 1 is 1.07 bits per heavy atom. The second-order valence-electron chi connectivity index (χ2n) is 8.29. The molecule has 4 aliphatic rings. The van der Waals surface area contributed by atoms with Gasteiger partial charge in [0.1, 0.15) is 18.3 Å². The van der Waals surface area contributed by atoms with E-state index in [2.05, 4.69) is 6.58 Å².